The number of alkyl halides is 1. The molecule has 0 saturated heterocycles. The third kappa shape index (κ3) is 2.55. The summed E-state index contributed by atoms with van der Waals surface area (Å²) in [5.41, 5.74) is 1.85. The fraction of sp³-hybridized carbons (Fsp3) is 0.222. The van der Waals surface area contributed by atoms with Crippen molar-refractivity contribution >= 4 is 23.2 Å². The van der Waals surface area contributed by atoms with E-state index in [-0.39, 0.29) is 5.91 Å². The molecule has 2 nitrogen and oxygen atoms in total. The van der Waals surface area contributed by atoms with Crippen molar-refractivity contribution in [3.8, 4) is 0 Å². The van der Waals surface area contributed by atoms with Crippen molar-refractivity contribution in [1.29, 1.82) is 0 Å². The number of hydrogen-bond acceptors (Lipinski definition) is 1. The minimum atomic E-state index is -0.0615. The zero-order valence-corrected chi connectivity index (χ0v) is 7.56. The molecule has 0 bridgehead atoms. The number of hydrogen-bond donors (Lipinski definition) is 1. The van der Waals surface area contributed by atoms with Gasteiger partial charge in [0.05, 0.1) is 0 Å². The maximum absolute atomic E-state index is 10.6. The molecule has 1 aromatic carbocycles. The van der Waals surface area contributed by atoms with E-state index in [9.17, 15) is 4.79 Å². The second-order valence-corrected chi connectivity index (χ2v) is 2.78. The second kappa shape index (κ2) is 4.12. The number of halogens is 1. The first-order valence-electron chi connectivity index (χ1n) is 3.65. The maximum Gasteiger partial charge on any atom is 0.221 e. The van der Waals surface area contributed by atoms with E-state index in [0.29, 0.717) is 5.88 Å². The second-order valence-electron chi connectivity index (χ2n) is 2.51. The van der Waals surface area contributed by atoms with Gasteiger partial charge in [-0.15, -0.1) is 11.6 Å². The van der Waals surface area contributed by atoms with E-state index in [1.807, 2.05) is 24.3 Å². The van der Waals surface area contributed by atoms with Crippen LogP contribution in [-0.4, -0.2) is 5.91 Å². The van der Waals surface area contributed by atoms with E-state index in [2.05, 4.69) is 5.32 Å². The fourth-order valence-corrected chi connectivity index (χ4v) is 1.06. The van der Waals surface area contributed by atoms with Crippen molar-refractivity contribution in [2.24, 2.45) is 0 Å². The molecule has 1 aromatic rings. The predicted octanol–water partition coefficient (Wildman–Crippen LogP) is 2.38. The number of carbonyl (C=O) groups is 1. The Morgan fingerprint density at radius 3 is 2.42 bits per heavy atom. The summed E-state index contributed by atoms with van der Waals surface area (Å²) < 4.78 is 0. The van der Waals surface area contributed by atoms with Gasteiger partial charge in [0, 0.05) is 18.5 Å². The molecule has 64 valence electrons. The van der Waals surface area contributed by atoms with E-state index in [1.54, 1.807) is 0 Å². The van der Waals surface area contributed by atoms with Crippen LogP contribution in [0.15, 0.2) is 24.3 Å². The van der Waals surface area contributed by atoms with Crippen LogP contribution >= 0.6 is 11.6 Å². The molecule has 0 radical (unpaired) electrons. The van der Waals surface area contributed by atoms with Crippen LogP contribution in [0.4, 0.5) is 5.69 Å². The van der Waals surface area contributed by atoms with E-state index in [4.69, 9.17) is 11.6 Å². The SMILES string of the molecule is CC(=O)Nc1ccc(CCl)cc1. The lowest BCUT2D eigenvalue weighted by Crippen LogP contribution is -2.05. The van der Waals surface area contributed by atoms with Crippen molar-refractivity contribution in [2.45, 2.75) is 12.8 Å². The molecule has 0 unspecified atom stereocenters. The van der Waals surface area contributed by atoms with Crippen LogP contribution in [-0.2, 0) is 10.7 Å². The Kier molecular flexibility index (Phi) is 3.11. The van der Waals surface area contributed by atoms with Crippen LogP contribution in [0.3, 0.4) is 0 Å². The monoisotopic (exact) mass is 183 g/mol. The molecular formula is C9H10ClNO. The summed E-state index contributed by atoms with van der Waals surface area (Å²) in [6, 6.07) is 7.44. The molecule has 3 heteroatoms. The van der Waals surface area contributed by atoms with Crippen molar-refractivity contribution in [1.82, 2.24) is 0 Å². The number of anilines is 1. The van der Waals surface area contributed by atoms with Crippen molar-refractivity contribution in [3.05, 3.63) is 29.8 Å². The highest BCUT2D eigenvalue weighted by Gasteiger charge is 1.94. The van der Waals surface area contributed by atoms with Crippen LogP contribution in [0.1, 0.15) is 12.5 Å². The van der Waals surface area contributed by atoms with Crippen LogP contribution in [0.25, 0.3) is 0 Å². The van der Waals surface area contributed by atoms with E-state index in [0.717, 1.165) is 11.3 Å². The molecule has 0 fully saturated rings. The van der Waals surface area contributed by atoms with Gasteiger partial charge in [-0.25, -0.2) is 0 Å². The highest BCUT2D eigenvalue weighted by molar-refractivity contribution is 6.17. The van der Waals surface area contributed by atoms with E-state index in [1.165, 1.54) is 6.92 Å². The third-order valence-corrected chi connectivity index (χ3v) is 1.74. The van der Waals surface area contributed by atoms with Gasteiger partial charge >= 0.3 is 0 Å². The van der Waals surface area contributed by atoms with Gasteiger partial charge in [-0.2, -0.15) is 0 Å². The molecule has 0 aliphatic heterocycles. The smallest absolute Gasteiger partial charge is 0.221 e. The average Bonchev–Trinajstić information content (AvgIpc) is 2.05. The quantitative estimate of drug-likeness (QED) is 0.701. The number of benzene rings is 1. The van der Waals surface area contributed by atoms with Crippen molar-refractivity contribution in [3.63, 3.8) is 0 Å². The predicted molar refractivity (Wildman–Crippen MR) is 50.3 cm³/mol. The van der Waals surface area contributed by atoms with Gasteiger partial charge in [0.15, 0.2) is 0 Å². The first kappa shape index (κ1) is 9.07. The molecule has 0 aliphatic carbocycles. The lowest BCUT2D eigenvalue weighted by atomic mass is 10.2. The van der Waals surface area contributed by atoms with E-state index < -0.39 is 0 Å². The van der Waals surface area contributed by atoms with Gasteiger partial charge in [-0.3, -0.25) is 4.79 Å². The Balaban J connectivity index is 2.71. The molecule has 0 heterocycles. The Bertz CT molecular complexity index is 268. The highest BCUT2D eigenvalue weighted by atomic mass is 35.5. The Morgan fingerprint density at radius 2 is 2.00 bits per heavy atom. The summed E-state index contributed by atoms with van der Waals surface area (Å²) in [6.45, 7) is 1.48. The minimum absolute atomic E-state index is 0.0615. The molecule has 0 aliphatic rings. The fourth-order valence-electron chi connectivity index (χ4n) is 0.880. The first-order valence-corrected chi connectivity index (χ1v) is 4.18. The lowest BCUT2D eigenvalue weighted by Gasteiger charge is -2.01. The molecule has 0 spiro atoms. The minimum Gasteiger partial charge on any atom is -0.326 e. The Morgan fingerprint density at radius 1 is 1.42 bits per heavy atom. The van der Waals surface area contributed by atoms with Crippen LogP contribution in [0.2, 0.25) is 0 Å². The number of rotatable bonds is 2. The average molecular weight is 184 g/mol. The summed E-state index contributed by atoms with van der Waals surface area (Å²) >= 11 is 5.60. The summed E-state index contributed by atoms with van der Waals surface area (Å²) in [4.78, 5) is 10.6. The van der Waals surface area contributed by atoms with Gasteiger partial charge in [0.1, 0.15) is 0 Å². The molecule has 0 aromatic heterocycles. The highest BCUT2D eigenvalue weighted by Crippen LogP contribution is 2.10. The summed E-state index contributed by atoms with van der Waals surface area (Å²) in [6.07, 6.45) is 0. The Hall–Kier alpha value is -1.02. The molecule has 0 atom stereocenters. The standard InChI is InChI=1S/C9H10ClNO/c1-7(12)11-9-4-2-8(6-10)3-5-9/h2-5H,6H2,1H3,(H,11,12). The maximum atomic E-state index is 10.6. The van der Waals surface area contributed by atoms with Crippen molar-refractivity contribution < 1.29 is 4.79 Å². The number of amides is 1. The van der Waals surface area contributed by atoms with Crippen LogP contribution in [0, 0.1) is 0 Å². The normalized spacial score (nSPS) is 9.50. The number of carbonyl (C=O) groups excluding carboxylic acids is 1. The van der Waals surface area contributed by atoms with Crippen LogP contribution < -0.4 is 5.32 Å². The third-order valence-electron chi connectivity index (χ3n) is 1.43. The van der Waals surface area contributed by atoms with Gasteiger partial charge in [0.2, 0.25) is 5.91 Å². The molecular weight excluding hydrogens is 174 g/mol. The summed E-state index contributed by atoms with van der Waals surface area (Å²) in [5, 5.41) is 2.67. The van der Waals surface area contributed by atoms with Gasteiger partial charge in [-0.1, -0.05) is 12.1 Å². The lowest BCUT2D eigenvalue weighted by molar-refractivity contribution is -0.114. The zero-order valence-electron chi connectivity index (χ0n) is 6.80. The van der Waals surface area contributed by atoms with Crippen LogP contribution in [0.5, 0.6) is 0 Å². The zero-order chi connectivity index (χ0) is 8.97. The van der Waals surface area contributed by atoms with Gasteiger partial charge in [0.25, 0.3) is 0 Å². The topological polar surface area (TPSA) is 29.1 Å². The summed E-state index contributed by atoms with van der Waals surface area (Å²) in [5.74, 6) is 0.439. The summed E-state index contributed by atoms with van der Waals surface area (Å²) in [7, 11) is 0. The first-order chi connectivity index (χ1) is 5.72. The molecule has 1 rings (SSSR count). The molecule has 0 saturated carbocycles. The Labute approximate surface area is 76.5 Å². The molecule has 1 amide bonds. The van der Waals surface area contributed by atoms with Gasteiger partial charge < -0.3 is 5.32 Å². The number of nitrogens with one attached hydrogen (secondary N) is 1. The van der Waals surface area contributed by atoms with Crippen molar-refractivity contribution in [2.75, 3.05) is 5.32 Å². The molecule has 1 N–H and O–H groups in total. The van der Waals surface area contributed by atoms with Gasteiger partial charge in [-0.05, 0) is 17.7 Å². The molecule has 12 heavy (non-hydrogen) atoms. The largest absolute Gasteiger partial charge is 0.326 e. The van der Waals surface area contributed by atoms with E-state index >= 15 is 0 Å².